The summed E-state index contributed by atoms with van der Waals surface area (Å²) in [4.78, 5) is 6.77. The number of thiophene rings is 1. The summed E-state index contributed by atoms with van der Waals surface area (Å²) >= 11 is 2.09. The van der Waals surface area contributed by atoms with Gasteiger partial charge in [-0.1, -0.05) is 210 Å². The Morgan fingerprint density at radius 3 is 1.46 bits per heavy atom. The second-order valence-electron chi connectivity index (χ2n) is 24.6. The van der Waals surface area contributed by atoms with Gasteiger partial charge in [0.25, 0.3) is 6.71 Å². The minimum absolute atomic E-state index is 0.00219. The maximum Gasteiger partial charge on any atom is 0.264 e. The predicted molar refractivity (Wildman–Crippen MR) is 333 cm³/mol. The number of hydrogen-bond donors (Lipinski definition) is 0. The van der Waals surface area contributed by atoms with E-state index >= 15 is 0 Å². The summed E-state index contributed by atoms with van der Waals surface area (Å²) in [5.74, 6) is 0.417. The van der Waals surface area contributed by atoms with Gasteiger partial charge in [0, 0.05) is 43.7 Å². The van der Waals surface area contributed by atoms with Crippen molar-refractivity contribution >= 4 is 67.9 Å². The SMILES string of the molecule is Cc1cc2c3c(c1)N(c1ccc(C(C)(C)C)cc1)c1c(sc4c1-c1ccc(C)cc1C41c4ccccc4-c4ccccc41)B3c1cc3c(cc1N2c1ccc(C(C)C)cc1)-c1ccccc1C31c2ccccc2-c2ccccc21. The van der Waals surface area contributed by atoms with Crippen LogP contribution in [0.3, 0.4) is 0 Å². The summed E-state index contributed by atoms with van der Waals surface area (Å²) in [5.41, 5.74) is 34.6. The van der Waals surface area contributed by atoms with E-state index in [-0.39, 0.29) is 12.1 Å². The van der Waals surface area contributed by atoms with Crippen LogP contribution in [0.1, 0.15) is 107 Å². The van der Waals surface area contributed by atoms with Gasteiger partial charge < -0.3 is 9.80 Å². The first-order valence-corrected chi connectivity index (χ1v) is 29.2. The van der Waals surface area contributed by atoms with Crippen LogP contribution in [0.2, 0.25) is 0 Å². The van der Waals surface area contributed by atoms with Gasteiger partial charge in [-0.3, -0.25) is 0 Å². The third-order valence-electron chi connectivity index (χ3n) is 19.1. The van der Waals surface area contributed by atoms with E-state index in [1.54, 1.807) is 0 Å². The van der Waals surface area contributed by atoms with E-state index in [2.05, 4.69) is 282 Å². The number of aryl methyl sites for hydroxylation is 2. The molecule has 0 saturated carbocycles. The molecule has 6 aliphatic rings. The number of fused-ring (bicyclic) bond motifs is 25. The highest BCUT2D eigenvalue weighted by Gasteiger charge is 2.58. The quantitative estimate of drug-likeness (QED) is 0.163. The lowest BCUT2D eigenvalue weighted by molar-refractivity contribution is 0.590. The zero-order valence-electron chi connectivity index (χ0n) is 45.7. The lowest BCUT2D eigenvalue weighted by Crippen LogP contribution is -2.60. The molecule has 4 aliphatic carbocycles. The zero-order chi connectivity index (χ0) is 53.0. The molecule has 3 heterocycles. The second kappa shape index (κ2) is 15.6. The predicted octanol–water partition coefficient (Wildman–Crippen LogP) is 17.6. The molecule has 0 N–H and O–H groups in total. The summed E-state index contributed by atoms with van der Waals surface area (Å²) in [6.45, 7) is 16.1. The molecule has 376 valence electrons. The second-order valence-corrected chi connectivity index (χ2v) is 25.7. The Bertz CT molecular complexity index is 4400. The van der Waals surface area contributed by atoms with E-state index < -0.39 is 10.8 Å². The standard InChI is InChI=1S/C75H57BN2S/c1-43(2)46-29-33-48(34-30-46)77-65-41-56-54-22-12-15-25-59(54)74(57-23-13-8-18-50(57)51-19-9-14-24-58(51)74)63(56)42-64(65)76-69-66(77)39-45(4)40-67(69)78(49-35-31-47(32-36-49)73(5,6)7)70-68-55-37-28-44(3)38-62(55)75(71(68)79-72(70)76)60-26-16-10-20-52(60)53-21-11-17-27-61(53)75/h8-43H,1-7H3. The van der Waals surface area contributed by atoms with Crippen LogP contribution in [0.15, 0.2) is 212 Å². The van der Waals surface area contributed by atoms with Crippen molar-refractivity contribution in [2.24, 2.45) is 0 Å². The van der Waals surface area contributed by atoms with Crippen molar-refractivity contribution in [1.29, 1.82) is 0 Å². The van der Waals surface area contributed by atoms with Crippen LogP contribution in [0, 0.1) is 13.8 Å². The zero-order valence-corrected chi connectivity index (χ0v) is 46.5. The van der Waals surface area contributed by atoms with Crippen LogP contribution in [-0.2, 0) is 16.2 Å². The van der Waals surface area contributed by atoms with Crippen molar-refractivity contribution in [2.75, 3.05) is 9.80 Å². The minimum atomic E-state index is -0.499. The number of rotatable bonds is 3. The summed E-state index contributed by atoms with van der Waals surface area (Å²) in [6.07, 6.45) is 0. The molecule has 0 saturated heterocycles. The lowest BCUT2D eigenvalue weighted by Gasteiger charge is -2.44. The highest BCUT2D eigenvalue weighted by atomic mass is 32.1. The maximum absolute atomic E-state index is 2.71. The molecule has 0 unspecified atom stereocenters. The number of nitrogens with zero attached hydrogens (tertiary/aromatic N) is 2. The van der Waals surface area contributed by atoms with Crippen molar-refractivity contribution in [1.82, 2.24) is 0 Å². The summed E-state index contributed by atoms with van der Waals surface area (Å²) < 4.78 is 1.41. The maximum atomic E-state index is 2.71. The Hall–Kier alpha value is -8.44. The van der Waals surface area contributed by atoms with Gasteiger partial charge in [0.15, 0.2) is 0 Å². The van der Waals surface area contributed by atoms with Crippen molar-refractivity contribution in [3.05, 3.63) is 278 Å². The molecule has 0 fully saturated rings. The Morgan fingerprint density at radius 2 is 0.911 bits per heavy atom. The van der Waals surface area contributed by atoms with E-state index in [4.69, 9.17) is 0 Å². The normalized spacial score (nSPS) is 15.3. The summed E-state index contributed by atoms with van der Waals surface area (Å²) in [6, 6.07) is 83.2. The van der Waals surface area contributed by atoms with E-state index in [0.717, 1.165) is 0 Å². The molecule has 0 radical (unpaired) electrons. The van der Waals surface area contributed by atoms with Crippen molar-refractivity contribution in [2.45, 2.75) is 70.6 Å². The van der Waals surface area contributed by atoms with Crippen molar-refractivity contribution < 1.29 is 0 Å². The van der Waals surface area contributed by atoms with Crippen LogP contribution >= 0.6 is 11.3 Å². The van der Waals surface area contributed by atoms with E-state index in [1.165, 1.54) is 160 Å². The van der Waals surface area contributed by atoms with Gasteiger partial charge >= 0.3 is 0 Å². The van der Waals surface area contributed by atoms with Gasteiger partial charge in [0.1, 0.15) is 0 Å². The first-order chi connectivity index (χ1) is 38.5. The molecule has 2 spiro atoms. The first kappa shape index (κ1) is 45.6. The number of anilines is 6. The van der Waals surface area contributed by atoms with Crippen LogP contribution in [0.5, 0.6) is 0 Å². The Labute approximate surface area is 468 Å². The average molecular weight is 1030 g/mol. The fraction of sp³-hybridized carbons (Fsp3) is 0.147. The van der Waals surface area contributed by atoms with Gasteiger partial charge in [-0.15, -0.1) is 11.3 Å². The lowest BCUT2D eigenvalue weighted by atomic mass is 9.35. The molecular weight excluding hydrogens is 972 g/mol. The van der Waals surface area contributed by atoms with Gasteiger partial charge in [-0.05, 0) is 173 Å². The molecule has 79 heavy (non-hydrogen) atoms. The molecule has 0 atom stereocenters. The van der Waals surface area contributed by atoms with Gasteiger partial charge in [-0.25, -0.2) is 0 Å². The minimum Gasteiger partial charge on any atom is -0.311 e. The Balaban J connectivity index is 1.03. The third kappa shape index (κ3) is 5.63. The van der Waals surface area contributed by atoms with E-state index in [0.29, 0.717) is 5.92 Å². The van der Waals surface area contributed by atoms with Gasteiger partial charge in [0.2, 0.25) is 0 Å². The largest absolute Gasteiger partial charge is 0.311 e. The molecule has 11 aromatic rings. The molecule has 4 heteroatoms. The highest BCUT2D eigenvalue weighted by Crippen LogP contribution is 2.68. The summed E-state index contributed by atoms with van der Waals surface area (Å²) in [5, 5.41) is 0. The van der Waals surface area contributed by atoms with E-state index in [9.17, 15) is 0 Å². The fourth-order valence-corrected chi connectivity index (χ4v) is 17.5. The first-order valence-electron chi connectivity index (χ1n) is 28.4. The topological polar surface area (TPSA) is 6.48 Å². The Morgan fingerprint density at radius 1 is 0.430 bits per heavy atom. The molecule has 10 aromatic carbocycles. The van der Waals surface area contributed by atoms with Crippen LogP contribution < -0.4 is 25.5 Å². The van der Waals surface area contributed by atoms with Crippen molar-refractivity contribution in [3.8, 4) is 44.5 Å². The number of hydrogen-bond acceptors (Lipinski definition) is 3. The molecular formula is C75H57BN2S. The van der Waals surface area contributed by atoms with Crippen LogP contribution in [0.25, 0.3) is 44.5 Å². The average Bonchev–Trinajstić information content (AvgIpc) is 2.21. The van der Waals surface area contributed by atoms with Gasteiger partial charge in [-0.2, -0.15) is 0 Å². The molecule has 17 rings (SSSR count). The highest BCUT2D eigenvalue weighted by molar-refractivity contribution is 7.30. The molecule has 2 nitrogen and oxygen atoms in total. The van der Waals surface area contributed by atoms with Crippen molar-refractivity contribution in [3.63, 3.8) is 0 Å². The van der Waals surface area contributed by atoms with Gasteiger partial charge in [0.05, 0.1) is 16.5 Å². The molecule has 1 aromatic heterocycles. The third-order valence-corrected chi connectivity index (χ3v) is 20.5. The summed E-state index contributed by atoms with van der Waals surface area (Å²) in [7, 11) is 0. The van der Waals surface area contributed by atoms with Crippen LogP contribution in [0.4, 0.5) is 34.1 Å². The Kier molecular flexibility index (Phi) is 9.03. The smallest absolute Gasteiger partial charge is 0.264 e. The molecule has 0 bridgehead atoms. The van der Waals surface area contributed by atoms with E-state index in [1.807, 2.05) is 0 Å². The van der Waals surface area contributed by atoms with Crippen LogP contribution in [-0.4, -0.2) is 6.71 Å². The fourth-order valence-electron chi connectivity index (χ4n) is 15.8. The monoisotopic (exact) mass is 1030 g/mol. The number of benzene rings is 10. The molecule has 2 aliphatic heterocycles. The molecule has 0 amide bonds.